The number of hydrogen-bond acceptors (Lipinski definition) is 1. The van der Waals surface area contributed by atoms with Crippen LogP contribution in [-0.2, 0) is 5.41 Å². The predicted molar refractivity (Wildman–Crippen MR) is 77.2 cm³/mol. The molecule has 1 heteroatoms. The lowest BCUT2D eigenvalue weighted by molar-refractivity contribution is 0.584. The van der Waals surface area contributed by atoms with Crippen LogP contribution in [-0.4, -0.2) is 11.8 Å². The highest BCUT2D eigenvalue weighted by Gasteiger charge is 2.17. The Kier molecular flexibility index (Phi) is 3.81. The molecular formula is C16H25N. The molecule has 1 nitrogen and oxygen atoms in total. The van der Waals surface area contributed by atoms with E-state index in [0.717, 1.165) is 0 Å². The highest BCUT2D eigenvalue weighted by Crippen LogP contribution is 2.26. The van der Waals surface area contributed by atoms with Gasteiger partial charge in [0.1, 0.15) is 0 Å². The number of benzene rings is 1. The second-order valence-electron chi connectivity index (χ2n) is 6.70. The normalized spacial score (nSPS) is 13.4. The quantitative estimate of drug-likeness (QED) is 0.631. The molecule has 1 aromatic carbocycles. The van der Waals surface area contributed by atoms with Crippen molar-refractivity contribution >= 4 is 6.21 Å². The topological polar surface area (TPSA) is 12.4 Å². The molecule has 0 unspecified atom stereocenters. The Morgan fingerprint density at radius 3 is 2.06 bits per heavy atom. The molecule has 0 saturated heterocycles. The maximum atomic E-state index is 4.59. The summed E-state index contributed by atoms with van der Waals surface area (Å²) in [4.78, 5) is 4.59. The van der Waals surface area contributed by atoms with Crippen molar-refractivity contribution in [2.45, 2.75) is 59.4 Å². The van der Waals surface area contributed by atoms with Gasteiger partial charge >= 0.3 is 0 Å². The number of nitrogens with zero attached hydrogens (tertiary/aromatic N) is 1. The van der Waals surface area contributed by atoms with E-state index in [0.29, 0.717) is 0 Å². The van der Waals surface area contributed by atoms with Gasteiger partial charge in [0.05, 0.1) is 5.54 Å². The van der Waals surface area contributed by atoms with Gasteiger partial charge < -0.3 is 0 Å². The fraction of sp³-hybridized carbons (Fsp3) is 0.562. The smallest absolute Gasteiger partial charge is 0.0524 e. The first-order valence-corrected chi connectivity index (χ1v) is 6.26. The van der Waals surface area contributed by atoms with Gasteiger partial charge in [-0.2, -0.15) is 0 Å². The molecule has 0 fully saturated rings. The summed E-state index contributed by atoms with van der Waals surface area (Å²) in [6.07, 6.45) is 2.00. The van der Waals surface area contributed by atoms with Gasteiger partial charge in [-0.3, -0.25) is 4.99 Å². The van der Waals surface area contributed by atoms with Crippen molar-refractivity contribution < 1.29 is 0 Å². The van der Waals surface area contributed by atoms with E-state index >= 15 is 0 Å². The minimum Gasteiger partial charge on any atom is -0.287 e. The third-order valence-electron chi connectivity index (χ3n) is 2.77. The molecule has 0 radical (unpaired) electrons. The first-order valence-electron chi connectivity index (χ1n) is 6.26. The van der Waals surface area contributed by atoms with E-state index in [-0.39, 0.29) is 11.0 Å². The van der Waals surface area contributed by atoms with Gasteiger partial charge in [-0.1, -0.05) is 39.0 Å². The first kappa shape index (κ1) is 14.0. The van der Waals surface area contributed by atoms with Crippen molar-refractivity contribution in [3.05, 3.63) is 34.9 Å². The van der Waals surface area contributed by atoms with Crippen LogP contribution in [0, 0.1) is 6.92 Å². The third kappa shape index (κ3) is 3.99. The van der Waals surface area contributed by atoms with Gasteiger partial charge in [0, 0.05) is 6.21 Å². The molecule has 0 heterocycles. The molecular weight excluding hydrogens is 206 g/mol. The summed E-state index contributed by atoms with van der Waals surface area (Å²) >= 11 is 0. The largest absolute Gasteiger partial charge is 0.287 e. The average Bonchev–Trinajstić information content (AvgIpc) is 2.13. The highest BCUT2D eigenvalue weighted by molar-refractivity contribution is 5.82. The monoisotopic (exact) mass is 231 g/mol. The summed E-state index contributed by atoms with van der Waals surface area (Å²) in [5.41, 5.74) is 4.15. The molecule has 0 amide bonds. The molecule has 0 aliphatic heterocycles. The zero-order valence-corrected chi connectivity index (χ0v) is 12.3. The van der Waals surface area contributed by atoms with E-state index < -0.39 is 0 Å². The van der Waals surface area contributed by atoms with E-state index in [1.165, 1.54) is 16.7 Å². The molecule has 94 valence electrons. The van der Waals surface area contributed by atoms with Crippen LogP contribution in [0.15, 0.2) is 23.2 Å². The highest BCUT2D eigenvalue weighted by atomic mass is 14.8. The maximum Gasteiger partial charge on any atom is 0.0524 e. The van der Waals surface area contributed by atoms with Crippen molar-refractivity contribution in [1.82, 2.24) is 0 Å². The Balaban J connectivity index is 3.17. The van der Waals surface area contributed by atoms with Crippen LogP contribution in [0.25, 0.3) is 0 Å². The van der Waals surface area contributed by atoms with Crippen LogP contribution in [0.5, 0.6) is 0 Å². The molecule has 17 heavy (non-hydrogen) atoms. The molecule has 0 aliphatic rings. The molecule has 0 N–H and O–H groups in total. The van der Waals surface area contributed by atoms with Gasteiger partial charge in [0.2, 0.25) is 0 Å². The van der Waals surface area contributed by atoms with E-state index in [2.05, 4.69) is 71.7 Å². The molecule has 1 rings (SSSR count). The Morgan fingerprint density at radius 1 is 1.00 bits per heavy atom. The predicted octanol–water partition coefficient (Wildman–Crippen LogP) is 4.51. The second-order valence-corrected chi connectivity index (χ2v) is 6.70. The van der Waals surface area contributed by atoms with Gasteiger partial charge in [-0.15, -0.1) is 0 Å². The number of aliphatic imine (C=N–C) groups is 1. The SMILES string of the molecule is Cc1c(C=NC(C)(C)C)cccc1C(C)(C)C. The van der Waals surface area contributed by atoms with Crippen molar-refractivity contribution in [2.75, 3.05) is 0 Å². The molecule has 0 aliphatic carbocycles. The second kappa shape index (κ2) is 4.64. The Hall–Kier alpha value is -1.11. The lowest BCUT2D eigenvalue weighted by Crippen LogP contribution is -2.14. The fourth-order valence-electron chi connectivity index (χ4n) is 1.87. The molecule has 1 aromatic rings. The van der Waals surface area contributed by atoms with Crippen molar-refractivity contribution in [1.29, 1.82) is 0 Å². The van der Waals surface area contributed by atoms with Gasteiger partial charge in [-0.25, -0.2) is 0 Å². The number of rotatable bonds is 1. The van der Waals surface area contributed by atoms with Crippen LogP contribution >= 0.6 is 0 Å². The standard InChI is InChI=1S/C16H25N/c1-12-13(11-17-16(5,6)7)9-8-10-14(12)15(2,3)4/h8-11H,1-7H3. The zero-order chi connectivity index (χ0) is 13.3. The van der Waals surface area contributed by atoms with Crippen LogP contribution in [0.1, 0.15) is 58.2 Å². The summed E-state index contributed by atoms with van der Waals surface area (Å²) in [7, 11) is 0. The molecule has 0 bridgehead atoms. The molecule has 0 saturated carbocycles. The molecule has 0 atom stereocenters. The van der Waals surface area contributed by atoms with Crippen LogP contribution < -0.4 is 0 Å². The zero-order valence-electron chi connectivity index (χ0n) is 12.3. The summed E-state index contributed by atoms with van der Waals surface area (Å²) in [6.45, 7) is 15.3. The summed E-state index contributed by atoms with van der Waals surface area (Å²) in [5, 5.41) is 0. The van der Waals surface area contributed by atoms with Crippen LogP contribution in [0.3, 0.4) is 0 Å². The van der Waals surface area contributed by atoms with Crippen molar-refractivity contribution in [2.24, 2.45) is 4.99 Å². The molecule has 0 spiro atoms. The van der Waals surface area contributed by atoms with Gasteiger partial charge in [0.15, 0.2) is 0 Å². The van der Waals surface area contributed by atoms with E-state index in [1.807, 2.05) is 6.21 Å². The van der Waals surface area contributed by atoms with E-state index in [9.17, 15) is 0 Å². The number of hydrogen-bond donors (Lipinski definition) is 0. The minimum atomic E-state index is -0.00974. The van der Waals surface area contributed by atoms with Gasteiger partial charge in [0.25, 0.3) is 0 Å². The van der Waals surface area contributed by atoms with Crippen LogP contribution in [0.2, 0.25) is 0 Å². The van der Waals surface area contributed by atoms with Crippen molar-refractivity contribution in [3.8, 4) is 0 Å². The Labute approximate surface area is 106 Å². The van der Waals surface area contributed by atoms with E-state index in [1.54, 1.807) is 0 Å². The Bertz CT molecular complexity index is 414. The summed E-state index contributed by atoms with van der Waals surface area (Å²) in [5.74, 6) is 0. The van der Waals surface area contributed by atoms with Gasteiger partial charge in [-0.05, 0) is 49.8 Å². The average molecular weight is 231 g/mol. The fourth-order valence-corrected chi connectivity index (χ4v) is 1.87. The lowest BCUT2D eigenvalue weighted by atomic mass is 9.83. The van der Waals surface area contributed by atoms with Crippen LogP contribution in [0.4, 0.5) is 0 Å². The van der Waals surface area contributed by atoms with E-state index in [4.69, 9.17) is 0 Å². The lowest BCUT2D eigenvalue weighted by Gasteiger charge is -2.22. The summed E-state index contributed by atoms with van der Waals surface area (Å²) in [6, 6.07) is 6.47. The first-order chi connectivity index (χ1) is 7.61. The Morgan fingerprint density at radius 2 is 1.59 bits per heavy atom. The third-order valence-corrected chi connectivity index (χ3v) is 2.77. The van der Waals surface area contributed by atoms with Crippen molar-refractivity contribution in [3.63, 3.8) is 0 Å². The minimum absolute atomic E-state index is 0.00974. The summed E-state index contributed by atoms with van der Waals surface area (Å²) < 4.78 is 0. The molecule has 0 aromatic heterocycles. The maximum absolute atomic E-state index is 4.59.